The van der Waals surface area contributed by atoms with Gasteiger partial charge in [-0.2, -0.15) is 5.10 Å². The van der Waals surface area contributed by atoms with Gasteiger partial charge >= 0.3 is 7.60 Å². The Morgan fingerprint density at radius 2 is 2.06 bits per heavy atom. The molecule has 4 rings (SSSR count). The van der Waals surface area contributed by atoms with Crippen molar-refractivity contribution in [3.63, 3.8) is 0 Å². The highest BCUT2D eigenvalue weighted by atomic mass is 31.2. The minimum Gasteiger partial charge on any atom is -0.387 e. The van der Waals surface area contributed by atoms with Crippen LogP contribution < -0.4 is 5.32 Å². The van der Waals surface area contributed by atoms with Crippen molar-refractivity contribution in [2.75, 3.05) is 18.3 Å². The van der Waals surface area contributed by atoms with E-state index in [0.717, 1.165) is 6.33 Å². The van der Waals surface area contributed by atoms with Gasteiger partial charge in [-0.25, -0.2) is 23.3 Å². The van der Waals surface area contributed by atoms with Crippen LogP contribution in [0.25, 0.3) is 5.65 Å². The van der Waals surface area contributed by atoms with Gasteiger partial charge in [0.25, 0.3) is 5.92 Å². The largest absolute Gasteiger partial charge is 0.387 e. The summed E-state index contributed by atoms with van der Waals surface area (Å²) in [4.78, 5) is 25.9. The molecule has 1 aliphatic heterocycles. The minimum atomic E-state index is -4.40. The van der Waals surface area contributed by atoms with Crippen molar-refractivity contribution in [3.05, 3.63) is 18.2 Å². The fourth-order valence-corrected chi connectivity index (χ4v) is 4.33. The van der Waals surface area contributed by atoms with Crippen LogP contribution >= 0.6 is 7.60 Å². The maximum Gasteiger partial charge on any atom is 0.350 e. The van der Waals surface area contributed by atoms with Gasteiger partial charge in [-0.3, -0.25) is 4.57 Å². The highest BCUT2D eigenvalue weighted by molar-refractivity contribution is 7.51. The molecular formula is C17H24F2N5O7P. The molecule has 0 spiro atoms. The van der Waals surface area contributed by atoms with Crippen LogP contribution in [0, 0.1) is 0 Å². The molecule has 2 aliphatic rings. The van der Waals surface area contributed by atoms with Gasteiger partial charge in [0, 0.05) is 6.42 Å². The molecule has 0 aromatic carbocycles. The lowest BCUT2D eigenvalue weighted by atomic mass is 9.91. The SMILES string of the molecule is O=P(O)(O)COC[C@H]1OC(c2cnc3c(NC4CCCCC4(F)F)ncnn23)[C@H](O)[C@@H]1O. The van der Waals surface area contributed by atoms with Crippen molar-refractivity contribution < 1.29 is 42.8 Å². The highest BCUT2D eigenvalue weighted by Crippen LogP contribution is 2.38. The van der Waals surface area contributed by atoms with Crippen molar-refractivity contribution in [3.8, 4) is 0 Å². The van der Waals surface area contributed by atoms with E-state index in [9.17, 15) is 23.6 Å². The number of nitrogens with zero attached hydrogens (tertiary/aromatic N) is 4. The van der Waals surface area contributed by atoms with E-state index in [4.69, 9.17) is 19.3 Å². The summed E-state index contributed by atoms with van der Waals surface area (Å²) in [6, 6.07) is -1.10. The molecule has 1 aliphatic carbocycles. The fourth-order valence-electron chi connectivity index (χ4n) is 3.99. The van der Waals surface area contributed by atoms with Crippen molar-refractivity contribution in [2.45, 2.75) is 62.1 Å². The van der Waals surface area contributed by atoms with Gasteiger partial charge in [-0.05, 0) is 12.8 Å². The molecule has 12 nitrogen and oxygen atoms in total. The monoisotopic (exact) mass is 479 g/mol. The number of rotatable bonds is 7. The second kappa shape index (κ2) is 8.86. The molecule has 2 fully saturated rings. The standard InChI is InChI=1S/C17H24F2N5O7P/c18-17(19)4-2-1-3-11(17)23-15-16-20-5-9(24(16)22-7-21-15)14-13(26)12(25)10(31-14)6-30-8-32(27,28)29/h5,7,10-14,25-26H,1-4,6,8H2,(H,21,22,23)(H2,27,28,29)/t10-,11?,12-,13-,14?/m1/s1. The average molecular weight is 479 g/mol. The Labute approximate surface area is 180 Å². The highest BCUT2D eigenvalue weighted by Gasteiger charge is 2.45. The first-order valence-corrected chi connectivity index (χ1v) is 11.8. The summed E-state index contributed by atoms with van der Waals surface area (Å²) >= 11 is 0. The minimum absolute atomic E-state index is 0.104. The molecule has 32 heavy (non-hydrogen) atoms. The number of fused-ring (bicyclic) bond motifs is 1. The molecule has 0 radical (unpaired) electrons. The number of hydrogen-bond acceptors (Lipinski definition) is 9. The van der Waals surface area contributed by atoms with Crippen LogP contribution in [0.5, 0.6) is 0 Å². The van der Waals surface area contributed by atoms with Crippen molar-refractivity contribution in [2.24, 2.45) is 0 Å². The van der Waals surface area contributed by atoms with E-state index in [1.54, 1.807) is 0 Å². The molecule has 178 valence electrons. The molecule has 5 N–H and O–H groups in total. The Hall–Kier alpha value is -1.80. The molecule has 0 amide bonds. The Bertz CT molecular complexity index is 1000. The molecule has 2 aromatic rings. The van der Waals surface area contributed by atoms with E-state index in [1.165, 1.54) is 10.7 Å². The molecule has 0 bridgehead atoms. The summed E-state index contributed by atoms with van der Waals surface area (Å²) in [5.74, 6) is -2.78. The third kappa shape index (κ3) is 4.76. The van der Waals surface area contributed by atoms with E-state index in [-0.39, 0.29) is 36.6 Å². The second-order valence-electron chi connectivity index (χ2n) is 7.97. The number of aliphatic hydroxyl groups is 2. The second-order valence-corrected chi connectivity index (χ2v) is 9.56. The number of aliphatic hydroxyl groups excluding tert-OH is 2. The van der Waals surface area contributed by atoms with E-state index in [2.05, 4.69) is 20.4 Å². The van der Waals surface area contributed by atoms with Gasteiger partial charge in [-0.15, -0.1) is 0 Å². The zero-order valence-electron chi connectivity index (χ0n) is 16.8. The lowest BCUT2D eigenvalue weighted by Gasteiger charge is -2.32. The molecule has 5 atom stereocenters. The van der Waals surface area contributed by atoms with Crippen LogP contribution in [-0.2, 0) is 14.0 Å². The lowest BCUT2D eigenvalue weighted by Crippen LogP contribution is -2.42. The predicted molar refractivity (Wildman–Crippen MR) is 104 cm³/mol. The van der Waals surface area contributed by atoms with Gasteiger partial charge in [0.1, 0.15) is 37.1 Å². The summed E-state index contributed by atoms with van der Waals surface area (Å²) in [5.41, 5.74) is 0.389. The maximum atomic E-state index is 14.2. The number of aromatic nitrogens is 4. The molecule has 1 saturated carbocycles. The van der Waals surface area contributed by atoms with Crippen molar-refractivity contribution in [1.82, 2.24) is 19.6 Å². The van der Waals surface area contributed by atoms with Crippen molar-refractivity contribution >= 4 is 19.1 Å². The first kappa shape index (κ1) is 23.4. The van der Waals surface area contributed by atoms with Crippen LogP contribution in [0.3, 0.4) is 0 Å². The Morgan fingerprint density at radius 3 is 2.78 bits per heavy atom. The van der Waals surface area contributed by atoms with Crippen LogP contribution in [0.1, 0.15) is 37.5 Å². The van der Waals surface area contributed by atoms with Gasteiger partial charge in [0.15, 0.2) is 11.5 Å². The summed E-state index contributed by atoms with van der Waals surface area (Å²) in [6.45, 7) is -0.366. The normalized spacial score (nSPS) is 30.6. The molecule has 2 unspecified atom stereocenters. The smallest absolute Gasteiger partial charge is 0.350 e. The van der Waals surface area contributed by atoms with Crippen LogP contribution in [0.4, 0.5) is 14.6 Å². The summed E-state index contributed by atoms with van der Waals surface area (Å²) < 4.78 is 51.2. The van der Waals surface area contributed by atoms with Gasteiger partial charge in [0.2, 0.25) is 0 Å². The molecule has 3 heterocycles. The zero-order chi connectivity index (χ0) is 23.1. The topological polar surface area (TPSA) is 172 Å². The number of ether oxygens (including phenoxy) is 2. The van der Waals surface area contributed by atoms with Gasteiger partial charge in [0.05, 0.1) is 24.5 Å². The predicted octanol–water partition coefficient (Wildman–Crippen LogP) is 0.428. The van der Waals surface area contributed by atoms with Gasteiger partial charge < -0.3 is 34.8 Å². The third-order valence-corrected chi connectivity index (χ3v) is 6.12. The maximum absolute atomic E-state index is 14.2. The zero-order valence-corrected chi connectivity index (χ0v) is 17.7. The Balaban J connectivity index is 1.53. The first-order chi connectivity index (χ1) is 15.1. The van der Waals surface area contributed by atoms with Crippen LogP contribution in [0.15, 0.2) is 12.5 Å². The summed E-state index contributed by atoms with van der Waals surface area (Å²) in [7, 11) is -4.40. The van der Waals surface area contributed by atoms with Crippen LogP contribution in [0.2, 0.25) is 0 Å². The lowest BCUT2D eigenvalue weighted by molar-refractivity contribution is -0.0449. The number of nitrogens with one attached hydrogen (secondary N) is 1. The average Bonchev–Trinajstić information content (AvgIpc) is 3.25. The molecular weight excluding hydrogens is 455 g/mol. The quantitative estimate of drug-likeness (QED) is 0.349. The van der Waals surface area contributed by atoms with E-state index >= 15 is 0 Å². The first-order valence-electron chi connectivity index (χ1n) is 10.0. The van der Waals surface area contributed by atoms with E-state index in [0.29, 0.717) is 12.8 Å². The fraction of sp³-hybridized carbons (Fsp3) is 0.706. The van der Waals surface area contributed by atoms with E-state index < -0.39 is 50.3 Å². The number of alkyl halides is 2. The van der Waals surface area contributed by atoms with Crippen LogP contribution in [-0.4, -0.2) is 82.8 Å². The van der Waals surface area contributed by atoms with Gasteiger partial charge in [-0.1, -0.05) is 6.42 Å². The number of anilines is 1. The summed E-state index contributed by atoms with van der Waals surface area (Å²) in [6.07, 6.45) is -2.15. The van der Waals surface area contributed by atoms with Crippen molar-refractivity contribution in [1.29, 1.82) is 0 Å². The molecule has 1 saturated heterocycles. The number of halogens is 2. The number of hydrogen-bond donors (Lipinski definition) is 5. The third-order valence-electron chi connectivity index (χ3n) is 5.60. The molecule has 15 heteroatoms. The molecule has 2 aromatic heterocycles. The Kier molecular flexibility index (Phi) is 6.47. The number of imidazole rings is 1. The summed E-state index contributed by atoms with van der Waals surface area (Å²) in [5, 5.41) is 27.5. The van der Waals surface area contributed by atoms with E-state index in [1.807, 2.05) is 0 Å². The Morgan fingerprint density at radius 1 is 1.28 bits per heavy atom.